The number of amides is 2. The van der Waals surface area contributed by atoms with Crippen molar-refractivity contribution in [2.24, 2.45) is 0 Å². The Morgan fingerprint density at radius 3 is 2.69 bits per heavy atom. The smallest absolute Gasteiger partial charge is 0.260 e. The molecule has 1 aliphatic rings. The summed E-state index contributed by atoms with van der Waals surface area (Å²) in [6.45, 7) is 3.75. The molecule has 1 fully saturated rings. The van der Waals surface area contributed by atoms with Gasteiger partial charge in [0.1, 0.15) is 0 Å². The zero-order chi connectivity index (χ0) is 22.5. The Balaban J connectivity index is 1.44. The summed E-state index contributed by atoms with van der Waals surface area (Å²) >= 11 is 7.37. The van der Waals surface area contributed by atoms with Gasteiger partial charge in [0, 0.05) is 23.7 Å². The number of rotatable bonds is 7. The number of halogens is 1. The maximum atomic E-state index is 12.8. The van der Waals surface area contributed by atoms with Crippen LogP contribution in [0.15, 0.2) is 36.4 Å². The highest BCUT2D eigenvalue weighted by molar-refractivity contribution is 7.22. The van der Waals surface area contributed by atoms with Crippen molar-refractivity contribution in [3.8, 4) is 11.5 Å². The van der Waals surface area contributed by atoms with Gasteiger partial charge in [-0.25, -0.2) is 4.98 Å². The van der Waals surface area contributed by atoms with Gasteiger partial charge in [-0.15, -0.1) is 0 Å². The molecule has 9 heteroatoms. The lowest BCUT2D eigenvalue weighted by Gasteiger charge is -2.26. The number of carbonyl (C=O) groups is 2. The molecule has 1 saturated heterocycles. The van der Waals surface area contributed by atoms with Gasteiger partial charge in [0.05, 0.1) is 16.8 Å². The van der Waals surface area contributed by atoms with Crippen LogP contribution in [0.1, 0.15) is 36.5 Å². The number of ether oxygens (including phenoxy) is 2. The first-order valence-corrected chi connectivity index (χ1v) is 11.8. The van der Waals surface area contributed by atoms with Gasteiger partial charge in [0.2, 0.25) is 0 Å². The van der Waals surface area contributed by atoms with Gasteiger partial charge < -0.3 is 14.4 Å². The zero-order valence-electron chi connectivity index (χ0n) is 17.7. The largest absolute Gasteiger partial charge is 0.490 e. The van der Waals surface area contributed by atoms with Gasteiger partial charge in [0.15, 0.2) is 23.2 Å². The molecule has 0 unspecified atom stereocenters. The van der Waals surface area contributed by atoms with Crippen molar-refractivity contribution in [3.05, 3.63) is 47.0 Å². The zero-order valence-corrected chi connectivity index (χ0v) is 19.3. The van der Waals surface area contributed by atoms with Crippen molar-refractivity contribution in [2.75, 3.05) is 31.6 Å². The summed E-state index contributed by atoms with van der Waals surface area (Å²) in [6, 6.07) is 10.3. The minimum absolute atomic E-state index is 0.0371. The van der Waals surface area contributed by atoms with Crippen molar-refractivity contribution in [1.82, 2.24) is 9.88 Å². The maximum absolute atomic E-state index is 12.8. The molecule has 168 valence electrons. The van der Waals surface area contributed by atoms with E-state index in [4.69, 9.17) is 21.1 Å². The molecular formula is C23H24ClN3O4S. The SMILES string of the molecule is CCOc1cc(C(=O)Nc2nc3ccc(Cl)cc3s2)ccc1OCC(=O)N1CCCCC1. The van der Waals surface area contributed by atoms with Gasteiger partial charge in [-0.3, -0.25) is 14.9 Å². The molecule has 2 heterocycles. The van der Waals surface area contributed by atoms with Crippen LogP contribution in [-0.4, -0.2) is 48.0 Å². The summed E-state index contributed by atoms with van der Waals surface area (Å²) in [4.78, 5) is 31.4. The number of nitrogens with zero attached hydrogens (tertiary/aromatic N) is 2. The molecule has 3 aromatic rings. The van der Waals surface area contributed by atoms with Gasteiger partial charge in [0.25, 0.3) is 11.8 Å². The number of fused-ring (bicyclic) bond motifs is 1. The number of carbonyl (C=O) groups excluding carboxylic acids is 2. The molecule has 0 bridgehead atoms. The lowest BCUT2D eigenvalue weighted by molar-refractivity contribution is -0.134. The van der Waals surface area contributed by atoms with Crippen molar-refractivity contribution < 1.29 is 19.1 Å². The van der Waals surface area contributed by atoms with E-state index in [9.17, 15) is 9.59 Å². The molecule has 1 aliphatic heterocycles. The van der Waals surface area contributed by atoms with E-state index in [2.05, 4.69) is 10.3 Å². The Hall–Kier alpha value is -2.84. The number of aromatic nitrogens is 1. The van der Waals surface area contributed by atoms with Crippen LogP contribution in [0.2, 0.25) is 5.02 Å². The first-order chi connectivity index (χ1) is 15.5. The Labute approximate surface area is 195 Å². The molecule has 2 aromatic carbocycles. The number of thiazole rings is 1. The molecule has 0 spiro atoms. The fourth-order valence-electron chi connectivity index (χ4n) is 3.53. The maximum Gasteiger partial charge on any atom is 0.260 e. The number of anilines is 1. The van der Waals surface area contributed by atoms with Crippen LogP contribution < -0.4 is 14.8 Å². The topological polar surface area (TPSA) is 80.8 Å². The van der Waals surface area contributed by atoms with Crippen molar-refractivity contribution in [2.45, 2.75) is 26.2 Å². The van der Waals surface area contributed by atoms with Crippen LogP contribution in [-0.2, 0) is 4.79 Å². The van der Waals surface area contributed by atoms with E-state index in [0.717, 1.165) is 42.6 Å². The number of hydrogen-bond acceptors (Lipinski definition) is 6. The second kappa shape index (κ2) is 10.2. The van der Waals surface area contributed by atoms with Crippen molar-refractivity contribution in [3.63, 3.8) is 0 Å². The van der Waals surface area contributed by atoms with Gasteiger partial charge in [-0.2, -0.15) is 0 Å². The predicted octanol–water partition coefficient (Wildman–Crippen LogP) is 4.99. The highest BCUT2D eigenvalue weighted by Crippen LogP contribution is 2.31. The van der Waals surface area contributed by atoms with Gasteiger partial charge in [-0.05, 0) is 62.6 Å². The normalized spacial score (nSPS) is 13.8. The van der Waals surface area contributed by atoms with E-state index in [1.807, 2.05) is 24.0 Å². The van der Waals surface area contributed by atoms with E-state index in [1.165, 1.54) is 11.3 Å². The first kappa shape index (κ1) is 22.4. The van der Waals surface area contributed by atoms with E-state index in [1.54, 1.807) is 24.3 Å². The molecule has 0 radical (unpaired) electrons. The van der Waals surface area contributed by atoms with E-state index in [-0.39, 0.29) is 18.4 Å². The standard InChI is InChI=1S/C23H24ClN3O4S/c1-2-30-19-12-15(6-9-18(19)31-14-21(28)27-10-4-3-5-11-27)22(29)26-23-25-17-8-7-16(24)13-20(17)32-23/h6-9,12-13H,2-5,10-11,14H2,1H3,(H,25,26,29). The minimum atomic E-state index is -0.313. The van der Waals surface area contributed by atoms with Crippen LogP contribution in [0.4, 0.5) is 5.13 Å². The van der Waals surface area contributed by atoms with E-state index >= 15 is 0 Å². The third-order valence-corrected chi connectivity index (χ3v) is 6.31. The molecule has 32 heavy (non-hydrogen) atoms. The number of benzene rings is 2. The predicted molar refractivity (Wildman–Crippen MR) is 126 cm³/mol. The number of likely N-dealkylation sites (tertiary alicyclic amines) is 1. The Morgan fingerprint density at radius 1 is 1.09 bits per heavy atom. The lowest BCUT2D eigenvalue weighted by Crippen LogP contribution is -2.38. The molecule has 7 nitrogen and oxygen atoms in total. The number of hydrogen-bond donors (Lipinski definition) is 1. The van der Waals surface area contributed by atoms with E-state index < -0.39 is 0 Å². The third-order valence-electron chi connectivity index (χ3n) is 5.14. The number of piperidine rings is 1. The summed E-state index contributed by atoms with van der Waals surface area (Å²) in [5, 5.41) is 3.92. The Kier molecular flexibility index (Phi) is 7.12. The van der Waals surface area contributed by atoms with E-state index in [0.29, 0.717) is 33.8 Å². The fourth-order valence-corrected chi connectivity index (χ4v) is 4.67. The molecule has 1 aromatic heterocycles. The minimum Gasteiger partial charge on any atom is -0.490 e. The molecule has 0 aliphatic carbocycles. The molecule has 1 N–H and O–H groups in total. The van der Waals surface area contributed by atoms with Crippen LogP contribution in [0.25, 0.3) is 10.2 Å². The molecule has 4 rings (SSSR count). The average molecular weight is 474 g/mol. The summed E-state index contributed by atoms with van der Waals surface area (Å²) in [5.41, 5.74) is 1.17. The summed E-state index contributed by atoms with van der Waals surface area (Å²) in [6.07, 6.45) is 3.22. The third kappa shape index (κ3) is 5.31. The van der Waals surface area contributed by atoms with Gasteiger partial charge >= 0.3 is 0 Å². The van der Waals surface area contributed by atoms with Crippen LogP contribution in [0, 0.1) is 0 Å². The molecule has 0 saturated carbocycles. The molecular weight excluding hydrogens is 450 g/mol. The number of nitrogens with one attached hydrogen (secondary N) is 1. The second-order valence-corrected chi connectivity index (χ2v) is 8.88. The fraction of sp³-hybridized carbons (Fsp3) is 0.348. The second-order valence-electron chi connectivity index (χ2n) is 7.41. The highest BCUT2D eigenvalue weighted by Gasteiger charge is 2.19. The van der Waals surface area contributed by atoms with Crippen molar-refractivity contribution in [1.29, 1.82) is 0 Å². The monoisotopic (exact) mass is 473 g/mol. The average Bonchev–Trinajstić information content (AvgIpc) is 3.20. The Bertz CT molecular complexity index is 1130. The lowest BCUT2D eigenvalue weighted by atomic mass is 10.1. The summed E-state index contributed by atoms with van der Waals surface area (Å²) in [5.74, 6) is 0.503. The van der Waals surface area contributed by atoms with Crippen LogP contribution >= 0.6 is 22.9 Å². The van der Waals surface area contributed by atoms with Crippen LogP contribution in [0.5, 0.6) is 11.5 Å². The molecule has 2 amide bonds. The Morgan fingerprint density at radius 2 is 1.91 bits per heavy atom. The molecule has 0 atom stereocenters. The summed E-state index contributed by atoms with van der Waals surface area (Å²) < 4.78 is 12.3. The first-order valence-electron chi connectivity index (χ1n) is 10.6. The van der Waals surface area contributed by atoms with Crippen molar-refractivity contribution >= 4 is 50.1 Å². The van der Waals surface area contributed by atoms with Gasteiger partial charge in [-0.1, -0.05) is 22.9 Å². The quantitative estimate of drug-likeness (QED) is 0.522. The summed E-state index contributed by atoms with van der Waals surface area (Å²) in [7, 11) is 0. The van der Waals surface area contributed by atoms with Crippen LogP contribution in [0.3, 0.4) is 0 Å². The highest BCUT2D eigenvalue weighted by atomic mass is 35.5.